The van der Waals surface area contributed by atoms with Gasteiger partial charge in [-0.25, -0.2) is 4.98 Å². The number of amides is 1. The van der Waals surface area contributed by atoms with Gasteiger partial charge in [0.25, 0.3) is 0 Å². The zero-order chi connectivity index (χ0) is 22.9. The van der Waals surface area contributed by atoms with Crippen LogP contribution in [0.4, 0.5) is 5.69 Å². The largest absolute Gasteiger partial charge is 0.491 e. The Morgan fingerprint density at radius 3 is 2.39 bits per heavy atom. The molecule has 1 aliphatic heterocycles. The van der Waals surface area contributed by atoms with Crippen LogP contribution >= 0.6 is 0 Å². The van der Waals surface area contributed by atoms with Gasteiger partial charge in [-0.15, -0.1) is 0 Å². The summed E-state index contributed by atoms with van der Waals surface area (Å²) in [4.78, 5) is 19.9. The fourth-order valence-electron chi connectivity index (χ4n) is 4.89. The van der Waals surface area contributed by atoms with Gasteiger partial charge in [-0.05, 0) is 55.7 Å². The number of imidazole rings is 1. The molecular weight excluding hydrogens is 410 g/mol. The third-order valence-electron chi connectivity index (χ3n) is 6.55. The number of hydrogen-bond donors (Lipinski definition) is 0. The van der Waals surface area contributed by atoms with Crippen molar-refractivity contribution < 1.29 is 9.53 Å². The standard InChI is InChI=1S/C28H29N3O2/c1-19-9-4-6-13-24(19)31-18-22(17-26(31)32)28-29-23-12-5-7-14-25(23)30(28)15-16-33-27-20(2)10-8-11-21(27)3/h4-14,22H,15-18H2,1-3H3/t22-/m0/s1. The van der Waals surface area contributed by atoms with Crippen molar-refractivity contribution in [1.82, 2.24) is 9.55 Å². The lowest BCUT2D eigenvalue weighted by Crippen LogP contribution is -2.25. The van der Waals surface area contributed by atoms with Crippen LogP contribution in [0, 0.1) is 20.8 Å². The van der Waals surface area contributed by atoms with E-state index in [4.69, 9.17) is 9.72 Å². The molecule has 33 heavy (non-hydrogen) atoms. The average Bonchev–Trinajstić information content (AvgIpc) is 3.37. The molecule has 0 aliphatic carbocycles. The summed E-state index contributed by atoms with van der Waals surface area (Å²) in [6, 6.07) is 22.5. The molecule has 0 radical (unpaired) electrons. The zero-order valence-electron chi connectivity index (χ0n) is 19.4. The molecule has 1 saturated heterocycles. The first-order valence-corrected chi connectivity index (χ1v) is 11.5. The summed E-state index contributed by atoms with van der Waals surface area (Å²) in [7, 11) is 0. The molecule has 0 unspecified atom stereocenters. The Labute approximate surface area is 194 Å². The Morgan fingerprint density at radius 2 is 1.61 bits per heavy atom. The van der Waals surface area contributed by atoms with Crippen LogP contribution in [0.3, 0.4) is 0 Å². The minimum Gasteiger partial charge on any atom is -0.491 e. The van der Waals surface area contributed by atoms with E-state index in [1.54, 1.807) is 0 Å². The molecule has 168 valence electrons. The van der Waals surface area contributed by atoms with Gasteiger partial charge in [-0.1, -0.05) is 48.5 Å². The minimum atomic E-state index is 0.0460. The number of rotatable bonds is 6. The number of aromatic nitrogens is 2. The van der Waals surface area contributed by atoms with Crippen molar-refractivity contribution >= 4 is 22.6 Å². The fourth-order valence-corrected chi connectivity index (χ4v) is 4.89. The fraction of sp³-hybridized carbons (Fsp3) is 0.286. The second-order valence-corrected chi connectivity index (χ2v) is 8.87. The lowest BCUT2D eigenvalue weighted by molar-refractivity contribution is -0.117. The van der Waals surface area contributed by atoms with Crippen LogP contribution < -0.4 is 9.64 Å². The highest BCUT2D eigenvalue weighted by molar-refractivity contribution is 5.97. The van der Waals surface area contributed by atoms with E-state index in [1.165, 1.54) is 0 Å². The summed E-state index contributed by atoms with van der Waals surface area (Å²) in [5.74, 6) is 2.11. The van der Waals surface area contributed by atoms with Gasteiger partial charge in [0.05, 0.1) is 17.6 Å². The highest BCUT2D eigenvalue weighted by Gasteiger charge is 2.35. The predicted molar refractivity (Wildman–Crippen MR) is 132 cm³/mol. The number of hydrogen-bond acceptors (Lipinski definition) is 3. The predicted octanol–water partition coefficient (Wildman–Crippen LogP) is 5.56. The first kappa shape index (κ1) is 21.3. The van der Waals surface area contributed by atoms with E-state index in [-0.39, 0.29) is 11.8 Å². The molecular formula is C28H29N3O2. The van der Waals surface area contributed by atoms with E-state index in [9.17, 15) is 4.79 Å². The van der Waals surface area contributed by atoms with E-state index in [1.807, 2.05) is 41.3 Å². The summed E-state index contributed by atoms with van der Waals surface area (Å²) in [6.07, 6.45) is 0.468. The maximum absolute atomic E-state index is 13.0. The Morgan fingerprint density at radius 1 is 0.909 bits per heavy atom. The van der Waals surface area contributed by atoms with Crippen molar-refractivity contribution in [3.8, 4) is 5.75 Å². The number of fused-ring (bicyclic) bond motifs is 1. The van der Waals surface area contributed by atoms with Gasteiger partial charge in [0, 0.05) is 24.6 Å². The van der Waals surface area contributed by atoms with Crippen LogP contribution in [0.5, 0.6) is 5.75 Å². The molecule has 3 aromatic carbocycles. The molecule has 4 aromatic rings. The highest BCUT2D eigenvalue weighted by atomic mass is 16.5. The first-order chi connectivity index (χ1) is 16.0. The van der Waals surface area contributed by atoms with Crippen molar-refractivity contribution in [1.29, 1.82) is 0 Å². The van der Waals surface area contributed by atoms with Crippen LogP contribution in [0.25, 0.3) is 11.0 Å². The average molecular weight is 440 g/mol. The summed E-state index contributed by atoms with van der Waals surface area (Å²) >= 11 is 0. The third kappa shape index (κ3) is 3.99. The summed E-state index contributed by atoms with van der Waals surface area (Å²) in [5.41, 5.74) is 6.43. The van der Waals surface area contributed by atoms with Crippen LogP contribution in [0.2, 0.25) is 0 Å². The van der Waals surface area contributed by atoms with Crippen molar-refractivity contribution in [2.45, 2.75) is 39.7 Å². The van der Waals surface area contributed by atoms with E-state index in [2.05, 4.69) is 55.7 Å². The number of benzene rings is 3. The minimum absolute atomic E-state index is 0.0460. The van der Waals surface area contributed by atoms with Gasteiger partial charge in [0.2, 0.25) is 5.91 Å². The molecule has 0 spiro atoms. The maximum Gasteiger partial charge on any atom is 0.227 e. The molecule has 0 N–H and O–H groups in total. The van der Waals surface area contributed by atoms with Crippen LogP contribution in [0.1, 0.15) is 34.9 Å². The number of carbonyl (C=O) groups excluding carboxylic acids is 1. The number of anilines is 1. The van der Waals surface area contributed by atoms with E-state index >= 15 is 0 Å². The Hall–Kier alpha value is -3.60. The van der Waals surface area contributed by atoms with Gasteiger partial charge in [0.15, 0.2) is 0 Å². The van der Waals surface area contributed by atoms with E-state index in [0.29, 0.717) is 26.1 Å². The van der Waals surface area contributed by atoms with Gasteiger partial charge in [-0.3, -0.25) is 4.79 Å². The first-order valence-electron chi connectivity index (χ1n) is 11.5. The summed E-state index contributed by atoms with van der Waals surface area (Å²) < 4.78 is 8.45. The Balaban J connectivity index is 1.43. The topological polar surface area (TPSA) is 47.4 Å². The molecule has 5 heteroatoms. The number of para-hydroxylation sites is 4. The van der Waals surface area contributed by atoms with Crippen molar-refractivity contribution in [3.05, 3.63) is 89.2 Å². The molecule has 0 saturated carbocycles. The summed E-state index contributed by atoms with van der Waals surface area (Å²) in [6.45, 7) is 8.07. The second kappa shape index (κ2) is 8.74. The van der Waals surface area contributed by atoms with Crippen LogP contribution in [0.15, 0.2) is 66.7 Å². The Bertz CT molecular complexity index is 1300. The maximum atomic E-state index is 13.0. The van der Waals surface area contributed by atoms with Crippen molar-refractivity contribution in [2.24, 2.45) is 0 Å². The zero-order valence-corrected chi connectivity index (χ0v) is 19.4. The molecule has 1 fully saturated rings. The van der Waals surface area contributed by atoms with Crippen molar-refractivity contribution in [2.75, 3.05) is 18.1 Å². The normalized spacial score (nSPS) is 16.0. The van der Waals surface area contributed by atoms with Gasteiger partial charge in [0.1, 0.15) is 18.2 Å². The number of ether oxygens (including phenoxy) is 1. The smallest absolute Gasteiger partial charge is 0.227 e. The third-order valence-corrected chi connectivity index (χ3v) is 6.55. The molecule has 0 bridgehead atoms. The molecule has 5 rings (SSSR count). The van der Waals surface area contributed by atoms with Gasteiger partial charge >= 0.3 is 0 Å². The number of nitrogens with zero attached hydrogens (tertiary/aromatic N) is 3. The lowest BCUT2D eigenvalue weighted by atomic mass is 10.1. The van der Waals surface area contributed by atoms with E-state index in [0.717, 1.165) is 45.0 Å². The van der Waals surface area contributed by atoms with Crippen molar-refractivity contribution in [3.63, 3.8) is 0 Å². The molecule has 1 aromatic heterocycles. The molecule has 1 amide bonds. The summed E-state index contributed by atoms with van der Waals surface area (Å²) in [5, 5.41) is 0. The SMILES string of the molecule is Cc1ccccc1N1C[C@@H](c2nc3ccccc3n2CCOc2c(C)cccc2C)CC1=O. The second-order valence-electron chi connectivity index (χ2n) is 8.87. The lowest BCUT2D eigenvalue weighted by Gasteiger charge is -2.19. The van der Waals surface area contributed by atoms with Crippen LogP contribution in [-0.4, -0.2) is 28.6 Å². The van der Waals surface area contributed by atoms with Gasteiger partial charge in [-0.2, -0.15) is 0 Å². The number of aryl methyl sites for hydroxylation is 3. The molecule has 1 aliphatic rings. The molecule has 2 heterocycles. The molecule has 1 atom stereocenters. The quantitative estimate of drug-likeness (QED) is 0.395. The van der Waals surface area contributed by atoms with Gasteiger partial charge < -0.3 is 14.2 Å². The van der Waals surface area contributed by atoms with Crippen LogP contribution in [-0.2, 0) is 11.3 Å². The van der Waals surface area contributed by atoms with E-state index < -0.39 is 0 Å². The molecule has 5 nitrogen and oxygen atoms in total. The highest BCUT2D eigenvalue weighted by Crippen LogP contribution is 2.34. The monoisotopic (exact) mass is 439 g/mol. The Kier molecular flexibility index (Phi) is 5.63. The number of carbonyl (C=O) groups is 1.